The second-order valence-corrected chi connectivity index (χ2v) is 1.85. The molecule has 2 nitrogen and oxygen atoms in total. The quantitative estimate of drug-likeness (QED) is 0.542. The van der Waals surface area contributed by atoms with Crippen LogP contribution in [0.5, 0.6) is 0 Å². The predicted octanol–water partition coefficient (Wildman–Crippen LogP) is 0.329. The summed E-state index contributed by atoms with van der Waals surface area (Å²) < 4.78 is 0. The summed E-state index contributed by atoms with van der Waals surface area (Å²) in [4.78, 5) is 0. The molecule has 0 amide bonds. The van der Waals surface area contributed by atoms with Gasteiger partial charge >= 0.3 is 0 Å². The summed E-state index contributed by atoms with van der Waals surface area (Å²) in [5.41, 5.74) is 0. The topological polar surface area (TPSA) is 51.7 Å². The zero-order chi connectivity index (χ0) is 5.41. The summed E-state index contributed by atoms with van der Waals surface area (Å²) >= 11 is 6.77. The van der Waals surface area contributed by atoms with Crippen LogP contribution in [-0.2, 0) is 0 Å². The van der Waals surface area contributed by atoms with Gasteiger partial charge in [-0.15, -0.1) is 23.4 Å². The van der Waals surface area contributed by atoms with E-state index in [9.17, 15) is 0 Å². The fourth-order valence-electron chi connectivity index (χ4n) is 0. The number of halogens is 1. The molecular formula is C3H11ClO2S. The van der Waals surface area contributed by atoms with Crippen LogP contribution in [0.15, 0.2) is 0 Å². The van der Waals surface area contributed by atoms with Gasteiger partial charge in [0.25, 0.3) is 0 Å². The minimum Gasteiger partial charge on any atom is -0.412 e. The minimum absolute atomic E-state index is 0. The normalized spacial score (nSPS) is 5.14. The maximum atomic E-state index is 7.00. The molecule has 0 saturated heterocycles. The molecule has 0 saturated carbocycles. The van der Waals surface area contributed by atoms with E-state index in [0.29, 0.717) is 5.21 Å². The largest absolute Gasteiger partial charge is 0.412 e. The lowest BCUT2D eigenvalue weighted by Crippen LogP contribution is -1.45. The standard InChI is InChI=1S/C2H5ClS.CH4O.H2O/c1-4-2-3;1-2;/h2H2,1H3;2H,1H3;1H2. The Morgan fingerprint density at radius 1 is 1.57 bits per heavy atom. The lowest BCUT2D eigenvalue weighted by Gasteiger charge is -1.67. The van der Waals surface area contributed by atoms with Crippen LogP contribution in [0.25, 0.3) is 0 Å². The lowest BCUT2D eigenvalue weighted by molar-refractivity contribution is 0.399. The zero-order valence-electron chi connectivity index (χ0n) is 4.44. The molecule has 0 radical (unpaired) electrons. The molecule has 48 valence electrons. The van der Waals surface area contributed by atoms with E-state index in [2.05, 4.69) is 0 Å². The molecule has 0 unspecified atom stereocenters. The zero-order valence-corrected chi connectivity index (χ0v) is 6.01. The highest BCUT2D eigenvalue weighted by atomic mass is 35.5. The third kappa shape index (κ3) is 56.1. The summed E-state index contributed by atoms with van der Waals surface area (Å²) in [6, 6.07) is 0. The first-order chi connectivity index (χ1) is 2.91. The molecule has 0 fully saturated rings. The Kier molecular flexibility index (Phi) is 69.2. The molecule has 0 aliphatic carbocycles. The molecule has 7 heavy (non-hydrogen) atoms. The number of alkyl halides is 1. The first-order valence-electron chi connectivity index (χ1n) is 1.41. The van der Waals surface area contributed by atoms with E-state index in [1.807, 2.05) is 6.26 Å². The molecule has 0 aliphatic heterocycles. The van der Waals surface area contributed by atoms with Crippen molar-refractivity contribution in [2.24, 2.45) is 0 Å². The van der Waals surface area contributed by atoms with Crippen LogP contribution in [-0.4, -0.2) is 29.2 Å². The van der Waals surface area contributed by atoms with E-state index in [1.165, 1.54) is 0 Å². The number of thioether (sulfide) groups is 1. The smallest absolute Gasteiger partial charge is 0.0677 e. The van der Waals surface area contributed by atoms with Gasteiger partial charge < -0.3 is 10.6 Å². The van der Waals surface area contributed by atoms with Crippen LogP contribution in [0.4, 0.5) is 0 Å². The maximum absolute atomic E-state index is 7.00. The molecule has 0 spiro atoms. The highest BCUT2D eigenvalue weighted by molar-refractivity contribution is 7.99. The second-order valence-electron chi connectivity index (χ2n) is 0.398. The summed E-state index contributed by atoms with van der Waals surface area (Å²) in [5.74, 6) is 0. The summed E-state index contributed by atoms with van der Waals surface area (Å²) in [7, 11) is 1.00. The molecule has 0 aromatic carbocycles. The van der Waals surface area contributed by atoms with Crippen molar-refractivity contribution in [1.29, 1.82) is 0 Å². The van der Waals surface area contributed by atoms with Gasteiger partial charge in [-0.3, -0.25) is 0 Å². The number of aliphatic hydroxyl groups is 1. The van der Waals surface area contributed by atoms with Crippen molar-refractivity contribution in [3.63, 3.8) is 0 Å². The second kappa shape index (κ2) is 30.9. The Bertz CT molecular complexity index is 14.9. The summed E-state index contributed by atoms with van der Waals surface area (Å²) in [6.45, 7) is 0. The van der Waals surface area contributed by atoms with Crippen LogP contribution < -0.4 is 0 Å². The molecule has 0 bridgehead atoms. The van der Waals surface area contributed by atoms with Crippen molar-refractivity contribution in [3.05, 3.63) is 0 Å². The fourth-order valence-corrected chi connectivity index (χ4v) is 0. The Hall–Kier alpha value is 0.560. The van der Waals surface area contributed by atoms with Gasteiger partial charge in [0.1, 0.15) is 0 Å². The van der Waals surface area contributed by atoms with E-state index in [4.69, 9.17) is 16.7 Å². The maximum Gasteiger partial charge on any atom is 0.0677 e. The van der Waals surface area contributed by atoms with Gasteiger partial charge in [0.2, 0.25) is 0 Å². The predicted molar refractivity (Wildman–Crippen MR) is 36.0 cm³/mol. The van der Waals surface area contributed by atoms with Gasteiger partial charge in [0.15, 0.2) is 0 Å². The Labute approximate surface area is 53.2 Å². The molecule has 0 aliphatic rings. The van der Waals surface area contributed by atoms with Gasteiger partial charge in [-0.2, -0.15) is 0 Å². The van der Waals surface area contributed by atoms with Crippen LogP contribution >= 0.6 is 23.4 Å². The number of hydrogen-bond acceptors (Lipinski definition) is 2. The Balaban J connectivity index is -0.0000000480. The first kappa shape index (κ1) is 15.6. The molecule has 0 atom stereocenters. The summed E-state index contributed by atoms with van der Waals surface area (Å²) in [6.07, 6.45) is 1.97. The van der Waals surface area contributed by atoms with Gasteiger partial charge in [0, 0.05) is 7.11 Å². The third-order valence-corrected chi connectivity index (χ3v) is 0.982. The summed E-state index contributed by atoms with van der Waals surface area (Å²) in [5, 5.41) is 7.71. The number of aliphatic hydroxyl groups excluding tert-OH is 1. The van der Waals surface area contributed by atoms with Gasteiger partial charge in [-0.05, 0) is 6.26 Å². The Morgan fingerprint density at radius 3 is 1.71 bits per heavy atom. The average Bonchev–Trinajstić information content (AvgIpc) is 1.72. The lowest BCUT2D eigenvalue weighted by atomic mass is 11.8. The van der Waals surface area contributed by atoms with Crippen molar-refractivity contribution < 1.29 is 10.6 Å². The van der Waals surface area contributed by atoms with Crippen molar-refractivity contribution in [2.45, 2.75) is 0 Å². The first-order valence-corrected chi connectivity index (χ1v) is 3.34. The molecular weight excluding hydrogens is 136 g/mol. The number of hydrogen-bond donors (Lipinski definition) is 1. The van der Waals surface area contributed by atoms with Crippen LogP contribution in [0.3, 0.4) is 0 Å². The SMILES string of the molecule is CO.CSCCl.O. The molecule has 4 heteroatoms. The van der Waals surface area contributed by atoms with E-state index in [0.717, 1.165) is 7.11 Å². The molecule has 0 aromatic heterocycles. The van der Waals surface area contributed by atoms with E-state index < -0.39 is 0 Å². The van der Waals surface area contributed by atoms with Gasteiger partial charge in [-0.1, -0.05) is 0 Å². The monoisotopic (exact) mass is 146 g/mol. The average molecular weight is 147 g/mol. The van der Waals surface area contributed by atoms with Crippen LogP contribution in [0.2, 0.25) is 0 Å². The Morgan fingerprint density at radius 2 is 1.71 bits per heavy atom. The molecule has 0 heterocycles. The minimum atomic E-state index is 0. The van der Waals surface area contributed by atoms with E-state index in [-0.39, 0.29) is 5.48 Å². The molecule has 0 rings (SSSR count). The van der Waals surface area contributed by atoms with Crippen molar-refractivity contribution >= 4 is 23.4 Å². The molecule has 0 aromatic rings. The highest BCUT2D eigenvalue weighted by Crippen LogP contribution is 1.90. The van der Waals surface area contributed by atoms with Gasteiger partial charge in [0.05, 0.1) is 5.21 Å². The molecule has 3 N–H and O–H groups in total. The van der Waals surface area contributed by atoms with E-state index in [1.54, 1.807) is 11.8 Å². The van der Waals surface area contributed by atoms with Crippen LogP contribution in [0.1, 0.15) is 0 Å². The van der Waals surface area contributed by atoms with Crippen molar-refractivity contribution in [3.8, 4) is 0 Å². The van der Waals surface area contributed by atoms with Crippen molar-refractivity contribution in [1.82, 2.24) is 0 Å². The fraction of sp³-hybridized carbons (Fsp3) is 1.00. The van der Waals surface area contributed by atoms with E-state index >= 15 is 0 Å². The third-order valence-electron chi connectivity index (χ3n) is 0.109. The number of rotatable bonds is 1. The van der Waals surface area contributed by atoms with Gasteiger partial charge in [-0.25, -0.2) is 0 Å². The van der Waals surface area contributed by atoms with Crippen molar-refractivity contribution in [2.75, 3.05) is 18.6 Å². The van der Waals surface area contributed by atoms with Crippen LogP contribution in [0, 0.1) is 0 Å². The highest BCUT2D eigenvalue weighted by Gasteiger charge is 1.57.